The maximum atomic E-state index is 13.2. The van der Waals surface area contributed by atoms with E-state index in [-0.39, 0.29) is 36.0 Å². The third kappa shape index (κ3) is 4.31. The third-order valence-electron chi connectivity index (χ3n) is 5.70. The summed E-state index contributed by atoms with van der Waals surface area (Å²) < 4.78 is 7.00. The zero-order chi connectivity index (χ0) is 16.3. The smallest absolute Gasteiger partial charge is 0.317 e. The van der Waals surface area contributed by atoms with Crippen LogP contribution in [-0.4, -0.2) is 43.7 Å². The van der Waals surface area contributed by atoms with Crippen LogP contribution in [-0.2, 0) is 14.9 Å². The number of quaternary nitrogens is 1. The average molecular weight is 443 g/mol. The fourth-order valence-corrected chi connectivity index (χ4v) is 4.29. The van der Waals surface area contributed by atoms with Gasteiger partial charge in [0, 0.05) is 6.42 Å². The molecule has 0 amide bonds. The van der Waals surface area contributed by atoms with E-state index in [1.165, 1.54) is 12.8 Å². The summed E-state index contributed by atoms with van der Waals surface area (Å²) >= 11 is 0. The first kappa shape index (κ1) is 19.7. The number of halogens is 1. The number of hydrogen-bond donors (Lipinski definition) is 0. The lowest BCUT2D eigenvalue weighted by Crippen LogP contribution is -3.00. The maximum absolute atomic E-state index is 13.2. The summed E-state index contributed by atoms with van der Waals surface area (Å²) in [6, 6.07) is 10.3. The highest BCUT2D eigenvalue weighted by Gasteiger charge is 2.44. The largest absolute Gasteiger partial charge is 1.00 e. The minimum absolute atomic E-state index is 0. The van der Waals surface area contributed by atoms with E-state index in [0.29, 0.717) is 0 Å². The van der Waals surface area contributed by atoms with E-state index in [2.05, 4.69) is 26.2 Å². The lowest BCUT2D eigenvalue weighted by atomic mass is 9.74. The number of rotatable bonds is 3. The zero-order valence-corrected chi connectivity index (χ0v) is 17.1. The molecule has 1 aliphatic carbocycles. The van der Waals surface area contributed by atoms with Crippen molar-refractivity contribution in [2.24, 2.45) is 0 Å². The number of carbonyl (C=O) groups excluding carboxylic acids is 1. The molecule has 1 heterocycles. The molecule has 1 atom stereocenters. The Morgan fingerprint density at radius 2 is 1.71 bits per heavy atom. The average Bonchev–Trinajstić information content (AvgIpc) is 2.76. The molecule has 0 spiro atoms. The molecule has 1 saturated heterocycles. The summed E-state index contributed by atoms with van der Waals surface area (Å²) in [6.45, 7) is 2.03. The lowest BCUT2D eigenvalue weighted by Gasteiger charge is -2.32. The highest BCUT2D eigenvalue weighted by atomic mass is 127. The van der Waals surface area contributed by atoms with Crippen LogP contribution in [0, 0.1) is 0 Å². The van der Waals surface area contributed by atoms with Gasteiger partial charge in [0.25, 0.3) is 0 Å². The number of nitrogens with zero attached hydrogens (tertiary/aromatic N) is 1. The number of likely N-dealkylation sites (tertiary alicyclic amines) is 1. The molecule has 0 bridgehead atoms. The first-order valence-corrected chi connectivity index (χ1v) is 9.11. The van der Waals surface area contributed by atoms with E-state index in [4.69, 9.17) is 4.74 Å². The fraction of sp³-hybridized carbons (Fsp3) is 0.650. The summed E-state index contributed by atoms with van der Waals surface area (Å²) in [7, 11) is 4.43. The van der Waals surface area contributed by atoms with Crippen LogP contribution in [0.1, 0.15) is 50.5 Å². The highest BCUT2D eigenvalue weighted by molar-refractivity contribution is 5.83. The Balaban J connectivity index is 0.00000208. The number of carbonyl (C=O) groups is 1. The van der Waals surface area contributed by atoms with Gasteiger partial charge in [0.2, 0.25) is 0 Å². The number of benzene rings is 1. The van der Waals surface area contributed by atoms with E-state index < -0.39 is 5.41 Å². The molecular weight excluding hydrogens is 413 g/mol. The maximum Gasteiger partial charge on any atom is 0.317 e. The second-order valence-corrected chi connectivity index (χ2v) is 8.02. The number of likely N-dealkylation sites (N-methyl/N-ethyl adjacent to an activating group) is 1. The lowest BCUT2D eigenvalue weighted by molar-refractivity contribution is -0.879. The first-order valence-electron chi connectivity index (χ1n) is 9.11. The van der Waals surface area contributed by atoms with Gasteiger partial charge in [-0.3, -0.25) is 4.79 Å². The van der Waals surface area contributed by atoms with Crippen molar-refractivity contribution in [2.45, 2.75) is 56.5 Å². The second-order valence-electron chi connectivity index (χ2n) is 8.02. The molecule has 1 aromatic rings. The fourth-order valence-electron chi connectivity index (χ4n) is 4.29. The van der Waals surface area contributed by atoms with Gasteiger partial charge in [-0.2, -0.15) is 0 Å². The Hall–Kier alpha value is -0.620. The minimum atomic E-state index is -0.419. The molecule has 0 aromatic heterocycles. The Labute approximate surface area is 163 Å². The highest BCUT2D eigenvalue weighted by Crippen LogP contribution is 2.40. The third-order valence-corrected chi connectivity index (χ3v) is 5.70. The molecule has 134 valence electrons. The molecule has 4 heteroatoms. The molecule has 0 N–H and O–H groups in total. The molecule has 24 heavy (non-hydrogen) atoms. The van der Waals surface area contributed by atoms with Gasteiger partial charge < -0.3 is 33.2 Å². The van der Waals surface area contributed by atoms with Gasteiger partial charge in [0.1, 0.15) is 6.54 Å². The summed E-state index contributed by atoms with van der Waals surface area (Å²) in [5.41, 5.74) is 0.732. The molecule has 3 nitrogen and oxygen atoms in total. The van der Waals surface area contributed by atoms with Gasteiger partial charge in [-0.15, -0.1) is 0 Å². The molecule has 3 rings (SSSR count). The number of ether oxygens (including phenoxy) is 1. The van der Waals surface area contributed by atoms with Crippen LogP contribution in [0.15, 0.2) is 30.3 Å². The van der Waals surface area contributed by atoms with E-state index >= 15 is 0 Å². The van der Waals surface area contributed by atoms with Crippen molar-refractivity contribution in [3.05, 3.63) is 35.9 Å². The van der Waals surface area contributed by atoms with Gasteiger partial charge in [-0.05, 0) is 18.4 Å². The van der Waals surface area contributed by atoms with Gasteiger partial charge in [0.05, 0.1) is 26.1 Å². The van der Waals surface area contributed by atoms with Crippen LogP contribution >= 0.6 is 0 Å². The molecule has 1 aliphatic heterocycles. The topological polar surface area (TPSA) is 26.3 Å². The second kappa shape index (κ2) is 8.17. The normalized spacial score (nSPS) is 25.3. The van der Waals surface area contributed by atoms with Crippen molar-refractivity contribution in [1.82, 2.24) is 0 Å². The summed E-state index contributed by atoms with van der Waals surface area (Å²) in [6.07, 6.45) is 7.64. The van der Waals surface area contributed by atoms with Gasteiger partial charge in [-0.25, -0.2) is 0 Å². The van der Waals surface area contributed by atoms with Gasteiger partial charge in [-0.1, -0.05) is 56.0 Å². The molecular formula is C20H30INO2. The van der Waals surface area contributed by atoms with Crippen LogP contribution < -0.4 is 24.0 Å². The summed E-state index contributed by atoms with van der Waals surface area (Å²) in [5.74, 6) is 0.0255. The zero-order valence-electron chi connectivity index (χ0n) is 15.0. The van der Waals surface area contributed by atoms with Crippen LogP contribution in [0.2, 0.25) is 0 Å². The molecule has 0 unspecified atom stereocenters. The van der Waals surface area contributed by atoms with Crippen LogP contribution in [0.4, 0.5) is 0 Å². The van der Waals surface area contributed by atoms with Gasteiger partial charge in [0.15, 0.2) is 6.10 Å². The molecule has 1 aromatic carbocycles. The van der Waals surface area contributed by atoms with E-state index in [9.17, 15) is 4.79 Å². The van der Waals surface area contributed by atoms with Crippen molar-refractivity contribution < 1.29 is 38.0 Å². The molecule has 0 radical (unpaired) electrons. The van der Waals surface area contributed by atoms with E-state index in [1.54, 1.807) is 0 Å². The SMILES string of the molecule is C[N+]1(C)CC[C@H](OC(=O)C2(c3ccccc3)CCCCCC2)C1.[I-]. The predicted molar refractivity (Wildman–Crippen MR) is 92.2 cm³/mol. The quantitative estimate of drug-likeness (QED) is 0.297. The molecule has 2 aliphatic rings. The monoisotopic (exact) mass is 443 g/mol. The first-order chi connectivity index (χ1) is 11.0. The van der Waals surface area contributed by atoms with Gasteiger partial charge >= 0.3 is 5.97 Å². The Bertz CT molecular complexity index is 536. The van der Waals surface area contributed by atoms with E-state index in [1.807, 2.05) is 18.2 Å². The summed E-state index contributed by atoms with van der Waals surface area (Å²) in [5, 5.41) is 0. The van der Waals surface area contributed by atoms with E-state index in [0.717, 1.165) is 55.2 Å². The van der Waals surface area contributed by atoms with Crippen LogP contribution in [0.3, 0.4) is 0 Å². The number of hydrogen-bond acceptors (Lipinski definition) is 2. The van der Waals surface area contributed by atoms with Crippen LogP contribution in [0.5, 0.6) is 0 Å². The van der Waals surface area contributed by atoms with Crippen molar-refractivity contribution in [2.75, 3.05) is 27.2 Å². The summed E-state index contributed by atoms with van der Waals surface area (Å²) in [4.78, 5) is 13.2. The standard InChI is InChI=1S/C20H30NO2.HI/c1-21(2)15-12-18(16-21)23-19(22)20(13-8-3-4-9-14-20)17-10-6-5-7-11-17;/h5-7,10-11,18H,3-4,8-9,12-16H2,1-2H3;1H/q+1;/p-1/t18-;/m0./s1. The van der Waals surface area contributed by atoms with Crippen molar-refractivity contribution in [3.63, 3.8) is 0 Å². The predicted octanol–water partition coefficient (Wildman–Crippen LogP) is 0.675. The molecule has 1 saturated carbocycles. The minimum Gasteiger partial charge on any atom is -1.00 e. The molecule has 2 fully saturated rings. The Morgan fingerprint density at radius 3 is 2.25 bits per heavy atom. The number of esters is 1. The van der Waals surface area contributed by atoms with Crippen LogP contribution in [0.25, 0.3) is 0 Å². The van der Waals surface area contributed by atoms with Crippen molar-refractivity contribution >= 4 is 5.97 Å². The van der Waals surface area contributed by atoms with Crippen molar-refractivity contribution in [3.8, 4) is 0 Å². The Morgan fingerprint density at radius 1 is 1.08 bits per heavy atom. The Kier molecular flexibility index (Phi) is 6.71. The van der Waals surface area contributed by atoms with Crippen molar-refractivity contribution in [1.29, 1.82) is 0 Å².